The predicted octanol–water partition coefficient (Wildman–Crippen LogP) is 1.31. The van der Waals surface area contributed by atoms with Crippen LogP contribution in [0.25, 0.3) is 0 Å². The number of anilines is 1. The predicted molar refractivity (Wildman–Crippen MR) is 51.3 cm³/mol. The molecule has 6 heteroatoms. The molecule has 76 valence electrons. The first-order valence-corrected chi connectivity index (χ1v) is 4.72. The van der Waals surface area contributed by atoms with Crippen molar-refractivity contribution in [3.05, 3.63) is 16.2 Å². The van der Waals surface area contributed by atoms with Gasteiger partial charge < -0.3 is 15.0 Å². The molecule has 1 fully saturated rings. The molecule has 0 amide bonds. The average Bonchev–Trinajstić information content (AvgIpc) is 2.68. The number of H-pyrrole nitrogens is 1. The van der Waals surface area contributed by atoms with Gasteiger partial charge in [-0.15, -0.1) is 5.10 Å². The maximum Gasteiger partial charge on any atom is 0.344 e. The van der Waals surface area contributed by atoms with Crippen LogP contribution >= 0.6 is 0 Å². The van der Waals surface area contributed by atoms with Crippen LogP contribution in [0.5, 0.6) is 0 Å². The van der Waals surface area contributed by atoms with E-state index in [9.17, 15) is 10.1 Å². The highest BCUT2D eigenvalue weighted by Gasteiger charge is 2.17. The molecule has 2 rings (SSSR count). The van der Waals surface area contributed by atoms with Gasteiger partial charge in [0.1, 0.15) is 0 Å². The van der Waals surface area contributed by atoms with Crippen LogP contribution in [-0.2, 0) is 0 Å². The van der Waals surface area contributed by atoms with Gasteiger partial charge in [-0.05, 0) is 24.2 Å². The third-order valence-corrected chi connectivity index (χ3v) is 2.43. The maximum absolute atomic E-state index is 10.4. The van der Waals surface area contributed by atoms with Gasteiger partial charge in [0, 0.05) is 13.1 Å². The number of nitro groups is 1. The number of hydrogen-bond acceptors (Lipinski definition) is 4. The molecule has 1 N–H and O–H groups in total. The third-order valence-electron chi connectivity index (χ3n) is 2.43. The number of piperidine rings is 1. The molecular formula is C8H12N4O2. The number of aromatic nitrogens is 2. The highest BCUT2D eigenvalue weighted by Crippen LogP contribution is 2.20. The summed E-state index contributed by atoms with van der Waals surface area (Å²) in [5.41, 5.74) is 0. The number of hydrogen-bond donors (Lipinski definition) is 1. The molecule has 6 nitrogen and oxygen atoms in total. The molecule has 0 bridgehead atoms. The molecule has 0 atom stereocenters. The minimum Gasteiger partial charge on any atom is -0.358 e. The van der Waals surface area contributed by atoms with Crippen molar-refractivity contribution in [2.45, 2.75) is 19.3 Å². The van der Waals surface area contributed by atoms with Crippen LogP contribution in [0.3, 0.4) is 0 Å². The molecule has 0 aliphatic carbocycles. The summed E-state index contributed by atoms with van der Waals surface area (Å²) in [5, 5.41) is 16.7. The van der Waals surface area contributed by atoms with Gasteiger partial charge in [0.25, 0.3) is 0 Å². The van der Waals surface area contributed by atoms with E-state index in [0.717, 1.165) is 25.9 Å². The lowest BCUT2D eigenvalue weighted by molar-refractivity contribution is -0.389. The highest BCUT2D eigenvalue weighted by molar-refractivity contribution is 5.43. The van der Waals surface area contributed by atoms with Crippen LogP contribution in [0.4, 0.5) is 11.6 Å². The van der Waals surface area contributed by atoms with Crippen molar-refractivity contribution in [2.75, 3.05) is 18.0 Å². The fourth-order valence-electron chi connectivity index (χ4n) is 1.68. The number of aromatic amines is 1. The largest absolute Gasteiger partial charge is 0.358 e. The molecule has 0 unspecified atom stereocenters. The number of nitrogens with zero attached hydrogens (tertiary/aromatic N) is 3. The van der Waals surface area contributed by atoms with Crippen LogP contribution in [0.2, 0.25) is 0 Å². The SMILES string of the molecule is O=[N+]([O-])c1cc(N2CCCCC2)n[nH]1. The Morgan fingerprint density at radius 2 is 2.14 bits per heavy atom. The molecule has 14 heavy (non-hydrogen) atoms. The van der Waals surface area contributed by atoms with Crippen LogP contribution in [-0.4, -0.2) is 28.2 Å². The Bertz CT molecular complexity index is 330. The zero-order valence-corrected chi connectivity index (χ0v) is 7.77. The van der Waals surface area contributed by atoms with Crippen LogP contribution in [0, 0.1) is 10.1 Å². The molecule has 1 aliphatic heterocycles. The third kappa shape index (κ3) is 1.68. The molecule has 1 saturated heterocycles. The first-order valence-electron chi connectivity index (χ1n) is 4.72. The zero-order valence-electron chi connectivity index (χ0n) is 7.77. The fraction of sp³-hybridized carbons (Fsp3) is 0.625. The molecule has 1 aliphatic rings. The van der Waals surface area contributed by atoms with E-state index in [0.29, 0.717) is 5.82 Å². The lowest BCUT2D eigenvalue weighted by Gasteiger charge is -2.25. The van der Waals surface area contributed by atoms with E-state index in [1.165, 1.54) is 12.5 Å². The van der Waals surface area contributed by atoms with E-state index in [4.69, 9.17) is 0 Å². The first-order chi connectivity index (χ1) is 6.77. The molecule has 2 heterocycles. The molecule has 0 saturated carbocycles. The van der Waals surface area contributed by atoms with Crippen LogP contribution < -0.4 is 4.90 Å². The van der Waals surface area contributed by atoms with E-state index in [1.54, 1.807) is 0 Å². The zero-order chi connectivity index (χ0) is 9.97. The fourth-order valence-corrected chi connectivity index (χ4v) is 1.68. The Morgan fingerprint density at radius 3 is 2.71 bits per heavy atom. The van der Waals surface area contributed by atoms with Gasteiger partial charge in [-0.3, -0.25) is 0 Å². The summed E-state index contributed by atoms with van der Waals surface area (Å²) in [6, 6.07) is 1.49. The molecule has 1 aromatic rings. The van der Waals surface area contributed by atoms with Crippen molar-refractivity contribution in [2.24, 2.45) is 0 Å². The smallest absolute Gasteiger partial charge is 0.344 e. The summed E-state index contributed by atoms with van der Waals surface area (Å²) < 4.78 is 0. The van der Waals surface area contributed by atoms with Crippen molar-refractivity contribution in [1.29, 1.82) is 0 Å². The van der Waals surface area contributed by atoms with Gasteiger partial charge in [0.05, 0.1) is 6.07 Å². The van der Waals surface area contributed by atoms with E-state index in [1.807, 2.05) is 0 Å². The highest BCUT2D eigenvalue weighted by atomic mass is 16.6. The van der Waals surface area contributed by atoms with E-state index in [2.05, 4.69) is 15.1 Å². The quantitative estimate of drug-likeness (QED) is 0.571. The van der Waals surface area contributed by atoms with Gasteiger partial charge >= 0.3 is 5.82 Å². The first kappa shape index (κ1) is 8.98. The number of rotatable bonds is 2. The van der Waals surface area contributed by atoms with Crippen molar-refractivity contribution in [1.82, 2.24) is 10.2 Å². The minimum absolute atomic E-state index is 0.0365. The maximum atomic E-state index is 10.4. The minimum atomic E-state index is -0.458. The Morgan fingerprint density at radius 1 is 1.43 bits per heavy atom. The van der Waals surface area contributed by atoms with Gasteiger partial charge in [0.15, 0.2) is 5.82 Å². The van der Waals surface area contributed by atoms with Crippen LogP contribution in [0.15, 0.2) is 6.07 Å². The van der Waals surface area contributed by atoms with Gasteiger partial charge in [-0.25, -0.2) is 0 Å². The Balaban J connectivity index is 2.11. The van der Waals surface area contributed by atoms with Crippen molar-refractivity contribution >= 4 is 11.6 Å². The topological polar surface area (TPSA) is 75.1 Å². The molecule has 1 aromatic heterocycles. The standard InChI is InChI=1S/C8H12N4O2/c13-12(14)8-6-7(9-10-8)11-4-2-1-3-5-11/h6H,1-5H2,(H,9,10). The Hall–Kier alpha value is -1.59. The monoisotopic (exact) mass is 196 g/mol. The van der Waals surface area contributed by atoms with Crippen molar-refractivity contribution in [3.8, 4) is 0 Å². The second-order valence-electron chi connectivity index (χ2n) is 3.42. The summed E-state index contributed by atoms with van der Waals surface area (Å²) in [5.74, 6) is 0.655. The van der Waals surface area contributed by atoms with Gasteiger partial charge in [-0.2, -0.15) is 0 Å². The summed E-state index contributed by atoms with van der Waals surface area (Å²) in [6.07, 6.45) is 3.52. The van der Waals surface area contributed by atoms with Crippen LogP contribution in [0.1, 0.15) is 19.3 Å². The summed E-state index contributed by atoms with van der Waals surface area (Å²) >= 11 is 0. The molecule has 0 aromatic carbocycles. The normalized spacial score (nSPS) is 17.0. The Labute approximate surface area is 81.1 Å². The lowest BCUT2D eigenvalue weighted by Crippen LogP contribution is -2.29. The van der Waals surface area contributed by atoms with E-state index >= 15 is 0 Å². The van der Waals surface area contributed by atoms with Crippen molar-refractivity contribution < 1.29 is 4.92 Å². The lowest BCUT2D eigenvalue weighted by atomic mass is 10.1. The summed E-state index contributed by atoms with van der Waals surface area (Å²) in [6.45, 7) is 1.89. The second-order valence-corrected chi connectivity index (χ2v) is 3.42. The summed E-state index contributed by atoms with van der Waals surface area (Å²) in [7, 11) is 0. The number of nitrogens with one attached hydrogen (secondary N) is 1. The molecule has 0 radical (unpaired) electrons. The summed E-state index contributed by atoms with van der Waals surface area (Å²) in [4.78, 5) is 12.0. The second kappa shape index (κ2) is 3.65. The van der Waals surface area contributed by atoms with E-state index in [-0.39, 0.29) is 5.82 Å². The molecule has 0 spiro atoms. The van der Waals surface area contributed by atoms with Gasteiger partial charge in [0.2, 0.25) is 0 Å². The van der Waals surface area contributed by atoms with Gasteiger partial charge in [-0.1, -0.05) is 5.10 Å². The molecular weight excluding hydrogens is 184 g/mol. The van der Waals surface area contributed by atoms with Crippen molar-refractivity contribution in [3.63, 3.8) is 0 Å². The van der Waals surface area contributed by atoms with E-state index < -0.39 is 4.92 Å². The Kier molecular flexibility index (Phi) is 2.34. The average molecular weight is 196 g/mol.